The molecule has 1 unspecified atom stereocenters. The Balaban J connectivity index is 2.20. The summed E-state index contributed by atoms with van der Waals surface area (Å²) in [5, 5.41) is 14.8. The molecule has 3 aromatic rings. The number of benzene rings is 2. The molecule has 2 nitrogen and oxygen atoms in total. The van der Waals surface area contributed by atoms with Gasteiger partial charge in [-0.2, -0.15) is 0 Å². The summed E-state index contributed by atoms with van der Waals surface area (Å²) in [7, 11) is 1.67. The average Bonchev–Trinajstić information content (AvgIpc) is 2.91. The number of hydrogen-bond acceptors (Lipinski definition) is 3. The summed E-state index contributed by atoms with van der Waals surface area (Å²) in [6.07, 6.45) is -0.592. The molecule has 102 valence electrons. The Bertz CT molecular complexity index is 746. The molecule has 0 spiro atoms. The minimum atomic E-state index is -0.592. The van der Waals surface area contributed by atoms with Crippen molar-refractivity contribution in [3.63, 3.8) is 0 Å². The lowest BCUT2D eigenvalue weighted by molar-refractivity contribution is 0.225. The summed E-state index contributed by atoms with van der Waals surface area (Å²) in [6, 6.07) is 13.9. The van der Waals surface area contributed by atoms with Crippen molar-refractivity contribution in [3.05, 3.63) is 63.8 Å². The second-order valence-corrected chi connectivity index (χ2v) is 5.72. The van der Waals surface area contributed by atoms with Crippen LogP contribution in [0, 0.1) is 6.92 Å². The minimum absolute atomic E-state index is 0.592. The van der Waals surface area contributed by atoms with Crippen molar-refractivity contribution in [1.29, 1.82) is 0 Å². The topological polar surface area (TPSA) is 29.5 Å². The molecule has 0 saturated carbocycles. The molecule has 0 saturated heterocycles. The van der Waals surface area contributed by atoms with Crippen LogP contribution in [0.5, 0.6) is 5.75 Å². The van der Waals surface area contributed by atoms with Crippen molar-refractivity contribution >= 4 is 22.1 Å². The molecule has 0 aliphatic rings. The van der Waals surface area contributed by atoms with Gasteiger partial charge in [0.1, 0.15) is 11.9 Å². The predicted molar refractivity (Wildman–Crippen MR) is 83.6 cm³/mol. The Labute approximate surface area is 122 Å². The van der Waals surface area contributed by atoms with Crippen LogP contribution in [-0.2, 0) is 0 Å². The number of aryl methyl sites for hydroxylation is 1. The summed E-state index contributed by atoms with van der Waals surface area (Å²) in [4.78, 5) is 1.00. The highest BCUT2D eigenvalue weighted by Gasteiger charge is 2.17. The molecular formula is C17H16O2S. The van der Waals surface area contributed by atoms with Crippen LogP contribution in [0.2, 0.25) is 0 Å². The van der Waals surface area contributed by atoms with Gasteiger partial charge in [-0.05, 0) is 40.9 Å². The van der Waals surface area contributed by atoms with Crippen molar-refractivity contribution in [2.45, 2.75) is 13.0 Å². The van der Waals surface area contributed by atoms with Crippen LogP contribution in [0.15, 0.2) is 47.8 Å². The van der Waals surface area contributed by atoms with Crippen LogP contribution in [0.3, 0.4) is 0 Å². The van der Waals surface area contributed by atoms with Gasteiger partial charge in [0.2, 0.25) is 0 Å². The maximum Gasteiger partial charge on any atom is 0.126 e. The van der Waals surface area contributed by atoms with E-state index >= 15 is 0 Å². The molecule has 1 N–H and O–H groups in total. The third kappa shape index (κ3) is 2.09. The van der Waals surface area contributed by atoms with Gasteiger partial charge < -0.3 is 9.84 Å². The van der Waals surface area contributed by atoms with Gasteiger partial charge in [-0.1, -0.05) is 30.3 Å². The molecule has 0 aliphatic heterocycles. The van der Waals surface area contributed by atoms with Crippen molar-refractivity contribution in [3.8, 4) is 5.75 Å². The number of aliphatic hydroxyl groups is 1. The predicted octanol–water partition coefficient (Wildman–Crippen LogP) is 4.30. The fourth-order valence-corrected chi connectivity index (χ4v) is 3.45. The lowest BCUT2D eigenvalue weighted by atomic mass is 9.98. The van der Waals surface area contributed by atoms with Crippen molar-refractivity contribution in [2.24, 2.45) is 0 Å². The van der Waals surface area contributed by atoms with E-state index in [4.69, 9.17) is 4.74 Å². The number of fused-ring (bicyclic) bond motifs is 1. The van der Waals surface area contributed by atoms with Crippen LogP contribution >= 0.6 is 11.3 Å². The lowest BCUT2D eigenvalue weighted by Crippen LogP contribution is -2.00. The highest BCUT2D eigenvalue weighted by molar-refractivity contribution is 7.10. The number of ether oxygens (including phenoxy) is 1. The molecule has 1 aromatic heterocycles. The third-order valence-corrected chi connectivity index (χ3v) is 4.65. The van der Waals surface area contributed by atoms with E-state index in [9.17, 15) is 5.11 Å². The van der Waals surface area contributed by atoms with Gasteiger partial charge in [0.15, 0.2) is 0 Å². The number of rotatable bonds is 3. The quantitative estimate of drug-likeness (QED) is 0.777. The highest BCUT2D eigenvalue weighted by Crippen LogP contribution is 2.36. The van der Waals surface area contributed by atoms with E-state index in [2.05, 4.69) is 0 Å². The van der Waals surface area contributed by atoms with Gasteiger partial charge in [0, 0.05) is 10.3 Å². The fraction of sp³-hybridized carbons (Fsp3) is 0.176. The summed E-state index contributed by atoms with van der Waals surface area (Å²) in [5.41, 5.74) is 2.05. The Morgan fingerprint density at radius 3 is 2.45 bits per heavy atom. The molecule has 0 amide bonds. The van der Waals surface area contributed by atoms with E-state index in [1.54, 1.807) is 18.4 Å². The Morgan fingerprint density at radius 2 is 1.80 bits per heavy atom. The zero-order chi connectivity index (χ0) is 14.1. The van der Waals surface area contributed by atoms with Crippen LogP contribution in [0.4, 0.5) is 0 Å². The van der Waals surface area contributed by atoms with Crippen molar-refractivity contribution in [1.82, 2.24) is 0 Å². The summed E-state index contributed by atoms with van der Waals surface area (Å²) in [6.45, 7) is 2.03. The summed E-state index contributed by atoms with van der Waals surface area (Å²) in [5.74, 6) is 0.833. The molecule has 2 aromatic carbocycles. The first-order valence-corrected chi connectivity index (χ1v) is 7.38. The molecule has 0 fully saturated rings. The number of thiophene rings is 1. The van der Waals surface area contributed by atoms with Gasteiger partial charge in [0.05, 0.1) is 7.11 Å². The van der Waals surface area contributed by atoms with E-state index < -0.39 is 6.10 Å². The fourth-order valence-electron chi connectivity index (χ4n) is 2.52. The van der Waals surface area contributed by atoms with Gasteiger partial charge in [-0.25, -0.2) is 0 Å². The Kier molecular flexibility index (Phi) is 3.47. The van der Waals surface area contributed by atoms with Gasteiger partial charge in [-0.15, -0.1) is 11.3 Å². The van der Waals surface area contributed by atoms with Crippen LogP contribution in [0.25, 0.3) is 10.8 Å². The van der Waals surface area contributed by atoms with Gasteiger partial charge in [0.25, 0.3) is 0 Å². The van der Waals surface area contributed by atoms with E-state index in [1.807, 2.05) is 54.8 Å². The molecule has 20 heavy (non-hydrogen) atoms. The number of hydrogen-bond donors (Lipinski definition) is 1. The second-order valence-electron chi connectivity index (χ2n) is 4.77. The normalized spacial score (nSPS) is 12.6. The van der Waals surface area contributed by atoms with E-state index in [1.165, 1.54) is 0 Å². The van der Waals surface area contributed by atoms with E-state index in [0.717, 1.165) is 32.5 Å². The lowest BCUT2D eigenvalue weighted by Gasteiger charge is -2.15. The maximum absolute atomic E-state index is 10.7. The average molecular weight is 284 g/mol. The van der Waals surface area contributed by atoms with E-state index in [-0.39, 0.29) is 0 Å². The highest BCUT2D eigenvalue weighted by atomic mass is 32.1. The number of methoxy groups -OCH3 is 1. The summed E-state index contributed by atoms with van der Waals surface area (Å²) < 4.78 is 5.40. The SMILES string of the molecule is COc1ccc(C(O)c2sccc2C)c2ccccc12. The molecule has 3 rings (SSSR count). The maximum atomic E-state index is 10.7. The third-order valence-electron chi connectivity index (χ3n) is 3.58. The van der Waals surface area contributed by atoms with Gasteiger partial charge in [-0.3, -0.25) is 0 Å². The van der Waals surface area contributed by atoms with Crippen molar-refractivity contribution < 1.29 is 9.84 Å². The number of aliphatic hydroxyl groups excluding tert-OH is 1. The smallest absolute Gasteiger partial charge is 0.126 e. The van der Waals surface area contributed by atoms with Crippen molar-refractivity contribution in [2.75, 3.05) is 7.11 Å². The largest absolute Gasteiger partial charge is 0.496 e. The zero-order valence-corrected chi connectivity index (χ0v) is 12.3. The standard InChI is InChI=1S/C17H16O2S/c1-11-9-10-20-17(11)16(18)14-7-8-15(19-2)13-6-4-3-5-12(13)14/h3-10,16,18H,1-2H3. The van der Waals surface area contributed by atoms with Crippen LogP contribution in [-0.4, -0.2) is 12.2 Å². The Hall–Kier alpha value is -1.84. The summed E-state index contributed by atoms with van der Waals surface area (Å²) >= 11 is 1.59. The second kappa shape index (κ2) is 5.27. The monoisotopic (exact) mass is 284 g/mol. The molecule has 1 heterocycles. The first-order valence-electron chi connectivity index (χ1n) is 6.50. The molecule has 1 atom stereocenters. The van der Waals surface area contributed by atoms with Crippen LogP contribution in [0.1, 0.15) is 22.1 Å². The molecule has 3 heteroatoms. The molecule has 0 bridgehead atoms. The minimum Gasteiger partial charge on any atom is -0.496 e. The zero-order valence-electron chi connectivity index (χ0n) is 11.5. The molecule has 0 radical (unpaired) electrons. The molecule has 0 aliphatic carbocycles. The first-order chi connectivity index (χ1) is 9.72. The molecular weight excluding hydrogens is 268 g/mol. The van der Waals surface area contributed by atoms with E-state index in [0.29, 0.717) is 0 Å². The first kappa shape index (κ1) is 13.2. The Morgan fingerprint density at radius 1 is 1.05 bits per heavy atom. The van der Waals surface area contributed by atoms with Crippen LogP contribution < -0.4 is 4.74 Å². The van der Waals surface area contributed by atoms with Gasteiger partial charge >= 0.3 is 0 Å².